The zero-order valence-electron chi connectivity index (χ0n) is 15.7. The van der Waals surface area contributed by atoms with Crippen LogP contribution < -0.4 is 10.1 Å². The van der Waals surface area contributed by atoms with Crippen LogP contribution in [0.15, 0.2) is 48.5 Å². The summed E-state index contributed by atoms with van der Waals surface area (Å²) in [6.45, 7) is 1.24. The summed E-state index contributed by atoms with van der Waals surface area (Å²) in [5.41, 5.74) is 0.848. The number of hydrogen-bond donors (Lipinski definition) is 2. The lowest BCUT2D eigenvalue weighted by molar-refractivity contribution is 0.00388. The lowest BCUT2D eigenvalue weighted by Crippen LogP contribution is -2.58. The minimum Gasteiger partial charge on any atom is -0.457 e. The zero-order valence-corrected chi connectivity index (χ0v) is 15.7. The number of nitrogens with zero attached hydrogens (tertiary/aromatic N) is 1. The number of benzene rings is 2. The summed E-state index contributed by atoms with van der Waals surface area (Å²) in [5.74, 6) is 1.53. The summed E-state index contributed by atoms with van der Waals surface area (Å²) < 4.78 is 18.9. The van der Waals surface area contributed by atoms with Crippen LogP contribution >= 0.6 is 0 Å². The first-order valence-corrected chi connectivity index (χ1v) is 9.80. The molecule has 2 N–H and O–H groups in total. The third kappa shape index (κ3) is 3.97. The highest BCUT2D eigenvalue weighted by atomic mass is 19.1. The Kier molecular flexibility index (Phi) is 5.48. The molecule has 3 fully saturated rings. The first kappa shape index (κ1) is 18.7. The van der Waals surface area contributed by atoms with Gasteiger partial charge in [0.15, 0.2) is 0 Å². The summed E-state index contributed by atoms with van der Waals surface area (Å²) in [6.07, 6.45) is 3.12. The average molecular weight is 384 g/mol. The number of fused-ring (bicyclic) bond motifs is 3. The predicted molar refractivity (Wildman–Crippen MR) is 104 cm³/mol. The highest BCUT2D eigenvalue weighted by Crippen LogP contribution is 2.38. The van der Waals surface area contributed by atoms with E-state index in [-0.39, 0.29) is 30.4 Å². The van der Waals surface area contributed by atoms with Gasteiger partial charge in [-0.3, -0.25) is 0 Å². The average Bonchev–Trinajstić information content (AvgIpc) is 2.74. The molecule has 1 aliphatic carbocycles. The van der Waals surface area contributed by atoms with Crippen LogP contribution in [0.4, 0.5) is 9.18 Å². The van der Waals surface area contributed by atoms with E-state index in [0.717, 1.165) is 31.4 Å². The Morgan fingerprint density at radius 2 is 1.96 bits per heavy atom. The highest BCUT2D eigenvalue weighted by Gasteiger charge is 2.42. The minimum absolute atomic E-state index is 0.0931. The molecule has 2 bridgehead atoms. The maximum atomic E-state index is 13.1. The number of carbonyl (C=O) groups excluding carboxylic acids is 1. The molecule has 2 aromatic rings. The van der Waals surface area contributed by atoms with Crippen molar-refractivity contribution in [3.05, 3.63) is 59.9 Å². The molecule has 5 nitrogen and oxygen atoms in total. The van der Waals surface area contributed by atoms with Crippen LogP contribution in [-0.2, 0) is 6.54 Å². The van der Waals surface area contributed by atoms with Gasteiger partial charge in [0.05, 0.1) is 0 Å². The molecule has 5 rings (SSSR count). The van der Waals surface area contributed by atoms with Crippen molar-refractivity contribution in [2.75, 3.05) is 13.2 Å². The highest BCUT2D eigenvalue weighted by molar-refractivity contribution is 5.75. The fourth-order valence-electron chi connectivity index (χ4n) is 4.42. The lowest BCUT2D eigenvalue weighted by atomic mass is 9.73. The molecule has 28 heavy (non-hydrogen) atoms. The standard InChI is InChI=1S/C22H25FN2O3/c23-18-6-8-19(9-7-18)28-21-4-2-1-3-16(21)12-24-22(27)25-13-15-5-10-20(25)17(11-15)14-26/h1-4,6-9,15,17,20,26H,5,10-14H2,(H,24,27). The van der Waals surface area contributed by atoms with Crippen LogP contribution in [0, 0.1) is 17.7 Å². The van der Waals surface area contributed by atoms with Crippen molar-refractivity contribution in [2.45, 2.75) is 31.8 Å². The molecule has 3 atom stereocenters. The predicted octanol–water partition coefficient (Wildman–Crippen LogP) is 3.92. The van der Waals surface area contributed by atoms with E-state index in [1.165, 1.54) is 12.1 Å². The molecule has 2 saturated heterocycles. The normalized spacial score (nSPS) is 23.5. The third-order valence-electron chi connectivity index (χ3n) is 5.85. The van der Waals surface area contributed by atoms with Gasteiger partial charge in [-0.05, 0) is 55.5 Å². The Hall–Kier alpha value is -2.60. The van der Waals surface area contributed by atoms with Gasteiger partial charge < -0.3 is 20.1 Å². The molecule has 148 valence electrons. The molecule has 2 amide bonds. The largest absolute Gasteiger partial charge is 0.457 e. The number of aliphatic hydroxyl groups is 1. The van der Waals surface area contributed by atoms with E-state index >= 15 is 0 Å². The van der Waals surface area contributed by atoms with E-state index in [9.17, 15) is 14.3 Å². The molecule has 0 radical (unpaired) electrons. The molecular weight excluding hydrogens is 359 g/mol. The number of hydrogen-bond acceptors (Lipinski definition) is 3. The molecule has 2 heterocycles. The summed E-state index contributed by atoms with van der Waals surface area (Å²) in [7, 11) is 0. The second-order valence-electron chi connectivity index (χ2n) is 7.66. The zero-order chi connectivity index (χ0) is 19.5. The Labute approximate surface area is 164 Å². The number of carbonyl (C=O) groups is 1. The summed E-state index contributed by atoms with van der Waals surface area (Å²) >= 11 is 0. The number of para-hydroxylation sites is 1. The van der Waals surface area contributed by atoms with Crippen LogP contribution in [0.25, 0.3) is 0 Å². The first-order chi connectivity index (χ1) is 13.6. The number of aliphatic hydroxyl groups excluding tert-OH is 1. The van der Waals surface area contributed by atoms with Gasteiger partial charge in [0.25, 0.3) is 0 Å². The maximum absolute atomic E-state index is 13.1. The number of ether oxygens (including phenoxy) is 1. The van der Waals surface area contributed by atoms with E-state index in [1.54, 1.807) is 12.1 Å². The van der Waals surface area contributed by atoms with Gasteiger partial charge >= 0.3 is 6.03 Å². The second kappa shape index (κ2) is 8.19. The van der Waals surface area contributed by atoms with E-state index < -0.39 is 0 Å². The number of nitrogens with one attached hydrogen (secondary N) is 1. The number of urea groups is 1. The molecular formula is C22H25FN2O3. The topological polar surface area (TPSA) is 61.8 Å². The van der Waals surface area contributed by atoms with Crippen molar-refractivity contribution in [1.29, 1.82) is 0 Å². The molecule has 0 aromatic heterocycles. The number of rotatable bonds is 5. The van der Waals surface area contributed by atoms with Crippen LogP contribution in [0.5, 0.6) is 11.5 Å². The molecule has 2 aliphatic heterocycles. The Bertz CT molecular complexity index is 827. The van der Waals surface area contributed by atoms with E-state index in [0.29, 0.717) is 24.0 Å². The third-order valence-corrected chi connectivity index (χ3v) is 5.85. The van der Waals surface area contributed by atoms with Gasteiger partial charge in [-0.1, -0.05) is 18.2 Å². The summed E-state index contributed by atoms with van der Waals surface area (Å²) in [4.78, 5) is 14.7. The van der Waals surface area contributed by atoms with Gasteiger partial charge in [0, 0.05) is 37.2 Å². The molecule has 2 aromatic carbocycles. The van der Waals surface area contributed by atoms with Gasteiger partial charge in [-0.15, -0.1) is 0 Å². The fourth-order valence-corrected chi connectivity index (χ4v) is 4.42. The molecule has 3 unspecified atom stereocenters. The Morgan fingerprint density at radius 1 is 1.18 bits per heavy atom. The summed E-state index contributed by atoms with van der Waals surface area (Å²) in [5, 5.41) is 12.6. The minimum atomic E-state index is -0.315. The van der Waals surface area contributed by atoms with E-state index in [4.69, 9.17) is 4.74 Å². The second-order valence-corrected chi connectivity index (χ2v) is 7.66. The van der Waals surface area contributed by atoms with Crippen molar-refractivity contribution in [2.24, 2.45) is 11.8 Å². The van der Waals surface area contributed by atoms with Gasteiger partial charge in [-0.2, -0.15) is 0 Å². The fraction of sp³-hybridized carbons (Fsp3) is 0.409. The van der Waals surface area contributed by atoms with E-state index in [1.807, 2.05) is 29.2 Å². The van der Waals surface area contributed by atoms with Crippen molar-refractivity contribution in [3.8, 4) is 11.5 Å². The number of halogens is 1. The molecule has 1 saturated carbocycles. The quantitative estimate of drug-likeness (QED) is 0.821. The summed E-state index contributed by atoms with van der Waals surface area (Å²) in [6, 6.07) is 13.4. The number of amides is 2. The van der Waals surface area contributed by atoms with Crippen molar-refractivity contribution in [1.82, 2.24) is 10.2 Å². The van der Waals surface area contributed by atoms with Crippen molar-refractivity contribution < 1.29 is 19.0 Å². The molecule has 3 aliphatic rings. The Balaban J connectivity index is 1.41. The monoisotopic (exact) mass is 384 g/mol. The molecule has 0 spiro atoms. The Morgan fingerprint density at radius 3 is 2.71 bits per heavy atom. The first-order valence-electron chi connectivity index (χ1n) is 9.80. The SMILES string of the molecule is O=C(NCc1ccccc1Oc1ccc(F)cc1)N1CC2CCC1C(CO)C2. The van der Waals surface area contributed by atoms with Crippen molar-refractivity contribution in [3.63, 3.8) is 0 Å². The van der Waals surface area contributed by atoms with E-state index in [2.05, 4.69) is 5.32 Å². The smallest absolute Gasteiger partial charge is 0.317 e. The lowest BCUT2D eigenvalue weighted by Gasteiger charge is -2.49. The van der Waals surface area contributed by atoms with Crippen molar-refractivity contribution >= 4 is 6.03 Å². The van der Waals surface area contributed by atoms with Crippen LogP contribution in [0.1, 0.15) is 24.8 Å². The van der Waals surface area contributed by atoms with Crippen LogP contribution in [0.3, 0.4) is 0 Å². The van der Waals surface area contributed by atoms with Crippen LogP contribution in [0.2, 0.25) is 0 Å². The van der Waals surface area contributed by atoms with Crippen LogP contribution in [-0.4, -0.2) is 35.2 Å². The van der Waals surface area contributed by atoms with Gasteiger partial charge in [-0.25, -0.2) is 9.18 Å². The van der Waals surface area contributed by atoms with Gasteiger partial charge in [0.1, 0.15) is 17.3 Å². The van der Waals surface area contributed by atoms with Gasteiger partial charge in [0.2, 0.25) is 0 Å². The molecule has 6 heteroatoms. The number of piperidine rings is 2. The maximum Gasteiger partial charge on any atom is 0.317 e.